The molecule has 30 heavy (non-hydrogen) atoms. The van der Waals surface area contributed by atoms with Crippen LogP contribution in [-0.2, 0) is 22.1 Å². The van der Waals surface area contributed by atoms with E-state index in [0.29, 0.717) is 34.6 Å². The number of benzene rings is 2. The molecule has 0 N–H and O–H groups in total. The second kappa shape index (κ2) is 8.41. The van der Waals surface area contributed by atoms with E-state index in [1.165, 1.54) is 0 Å². The first kappa shape index (κ1) is 20.9. The van der Waals surface area contributed by atoms with Gasteiger partial charge in [-0.2, -0.15) is 0 Å². The topological polar surface area (TPSA) is 70.8 Å². The van der Waals surface area contributed by atoms with Crippen LogP contribution in [0.15, 0.2) is 52.9 Å². The highest BCUT2D eigenvalue weighted by atomic mass is 35.5. The van der Waals surface area contributed by atoms with E-state index in [0.717, 1.165) is 31.5 Å². The fourth-order valence-corrected chi connectivity index (χ4v) is 4.85. The summed E-state index contributed by atoms with van der Waals surface area (Å²) in [6.07, 6.45) is 1.16. The standard InChI is InChI=1S/C22H23ClN2O4S/c1-30(27,28)15-19-18-7-2-3-8-20(18)29-21(19)22(26)25-11-9-24(10-12-25)14-16-5-4-6-17(23)13-16/h2-8,13H,9-12,14-15H2,1H3. The number of carbonyl (C=O) groups excluding carboxylic acids is 1. The summed E-state index contributed by atoms with van der Waals surface area (Å²) in [6, 6.07) is 14.9. The lowest BCUT2D eigenvalue weighted by molar-refractivity contribution is 0.0599. The average Bonchev–Trinajstić information content (AvgIpc) is 3.05. The number of amides is 1. The van der Waals surface area contributed by atoms with E-state index < -0.39 is 9.84 Å². The van der Waals surface area contributed by atoms with E-state index in [9.17, 15) is 13.2 Å². The SMILES string of the molecule is CS(=O)(=O)Cc1c(C(=O)N2CCN(Cc3cccc(Cl)c3)CC2)oc2ccccc12. The highest BCUT2D eigenvalue weighted by molar-refractivity contribution is 7.89. The number of sulfone groups is 1. The van der Waals surface area contributed by atoms with Crippen LogP contribution in [0, 0.1) is 0 Å². The number of rotatable bonds is 5. The van der Waals surface area contributed by atoms with Crippen molar-refractivity contribution in [2.24, 2.45) is 0 Å². The van der Waals surface area contributed by atoms with Crippen LogP contribution in [0.2, 0.25) is 5.02 Å². The predicted octanol–water partition coefficient (Wildman–Crippen LogP) is 3.59. The molecule has 1 aliphatic rings. The normalized spacial score (nSPS) is 15.6. The lowest BCUT2D eigenvalue weighted by Crippen LogP contribution is -2.48. The van der Waals surface area contributed by atoms with Crippen LogP contribution in [-0.4, -0.2) is 56.6 Å². The number of piperazine rings is 1. The van der Waals surface area contributed by atoms with Gasteiger partial charge in [-0.25, -0.2) is 8.42 Å². The fraction of sp³-hybridized carbons (Fsp3) is 0.318. The summed E-state index contributed by atoms with van der Waals surface area (Å²) in [5.41, 5.74) is 2.11. The molecule has 0 radical (unpaired) electrons. The Labute approximate surface area is 180 Å². The van der Waals surface area contributed by atoms with Gasteiger partial charge in [0.25, 0.3) is 5.91 Å². The first-order chi connectivity index (χ1) is 14.3. The highest BCUT2D eigenvalue weighted by Crippen LogP contribution is 2.29. The molecule has 1 fully saturated rings. The van der Waals surface area contributed by atoms with Gasteiger partial charge in [0, 0.05) is 55.0 Å². The van der Waals surface area contributed by atoms with Gasteiger partial charge in [0.05, 0.1) is 5.75 Å². The molecule has 4 rings (SSSR count). The molecular weight excluding hydrogens is 424 g/mol. The van der Waals surface area contributed by atoms with E-state index in [4.69, 9.17) is 16.0 Å². The monoisotopic (exact) mass is 446 g/mol. The summed E-state index contributed by atoms with van der Waals surface area (Å²) in [5, 5.41) is 1.38. The van der Waals surface area contributed by atoms with Gasteiger partial charge in [0.1, 0.15) is 5.58 Å². The third-order valence-corrected chi connectivity index (χ3v) is 6.30. The Morgan fingerprint density at radius 1 is 1.07 bits per heavy atom. The Bertz CT molecular complexity index is 1180. The zero-order valence-corrected chi connectivity index (χ0v) is 18.2. The van der Waals surface area contributed by atoms with Gasteiger partial charge in [-0.15, -0.1) is 0 Å². The molecule has 0 bridgehead atoms. The zero-order valence-electron chi connectivity index (χ0n) is 16.7. The van der Waals surface area contributed by atoms with E-state index in [1.54, 1.807) is 23.1 Å². The highest BCUT2D eigenvalue weighted by Gasteiger charge is 2.29. The fourth-order valence-electron chi connectivity index (χ4n) is 3.82. The molecule has 0 saturated carbocycles. The van der Waals surface area contributed by atoms with Crippen molar-refractivity contribution in [3.63, 3.8) is 0 Å². The van der Waals surface area contributed by atoms with Crippen molar-refractivity contribution in [1.82, 2.24) is 9.80 Å². The molecule has 8 heteroatoms. The van der Waals surface area contributed by atoms with Gasteiger partial charge < -0.3 is 9.32 Å². The van der Waals surface area contributed by atoms with Gasteiger partial charge in [-0.05, 0) is 23.8 Å². The summed E-state index contributed by atoms with van der Waals surface area (Å²) >= 11 is 6.06. The van der Waals surface area contributed by atoms with Gasteiger partial charge in [0.15, 0.2) is 15.6 Å². The van der Waals surface area contributed by atoms with Crippen LogP contribution in [0.25, 0.3) is 11.0 Å². The number of furan rings is 1. The van der Waals surface area contributed by atoms with Crippen LogP contribution in [0.3, 0.4) is 0 Å². The maximum atomic E-state index is 13.2. The van der Waals surface area contributed by atoms with E-state index >= 15 is 0 Å². The van der Waals surface area contributed by atoms with Crippen molar-refractivity contribution in [3.05, 3.63) is 70.4 Å². The number of carbonyl (C=O) groups is 1. The summed E-state index contributed by atoms with van der Waals surface area (Å²) in [4.78, 5) is 17.2. The summed E-state index contributed by atoms with van der Waals surface area (Å²) < 4.78 is 29.7. The minimum atomic E-state index is -3.32. The quantitative estimate of drug-likeness (QED) is 0.599. The molecule has 2 aromatic carbocycles. The lowest BCUT2D eigenvalue weighted by atomic mass is 10.1. The first-order valence-corrected chi connectivity index (χ1v) is 12.2. The number of para-hydroxylation sites is 1. The number of hydrogen-bond acceptors (Lipinski definition) is 5. The number of hydrogen-bond donors (Lipinski definition) is 0. The third-order valence-electron chi connectivity index (χ3n) is 5.25. The van der Waals surface area contributed by atoms with Crippen molar-refractivity contribution >= 4 is 38.3 Å². The molecule has 1 aromatic heterocycles. The molecule has 158 valence electrons. The van der Waals surface area contributed by atoms with Gasteiger partial charge in [0.2, 0.25) is 0 Å². The van der Waals surface area contributed by atoms with Crippen LogP contribution in [0.5, 0.6) is 0 Å². The second-order valence-corrected chi connectivity index (χ2v) is 10.3. The van der Waals surface area contributed by atoms with Crippen LogP contribution in [0.1, 0.15) is 21.7 Å². The smallest absolute Gasteiger partial charge is 0.290 e. The average molecular weight is 447 g/mol. The van der Waals surface area contributed by atoms with Crippen molar-refractivity contribution in [3.8, 4) is 0 Å². The molecule has 6 nitrogen and oxygen atoms in total. The maximum absolute atomic E-state index is 13.2. The molecule has 3 aromatic rings. The molecule has 1 aliphatic heterocycles. The minimum absolute atomic E-state index is 0.130. The van der Waals surface area contributed by atoms with Crippen molar-refractivity contribution in [1.29, 1.82) is 0 Å². The Morgan fingerprint density at radius 3 is 2.50 bits per heavy atom. The zero-order chi connectivity index (χ0) is 21.3. The van der Waals surface area contributed by atoms with Crippen LogP contribution in [0.4, 0.5) is 0 Å². The Balaban J connectivity index is 1.50. The van der Waals surface area contributed by atoms with E-state index in [-0.39, 0.29) is 17.4 Å². The van der Waals surface area contributed by atoms with Crippen molar-refractivity contribution < 1.29 is 17.6 Å². The molecule has 0 spiro atoms. The molecule has 1 saturated heterocycles. The number of halogens is 1. The minimum Gasteiger partial charge on any atom is -0.451 e. The lowest BCUT2D eigenvalue weighted by Gasteiger charge is -2.34. The van der Waals surface area contributed by atoms with Crippen molar-refractivity contribution in [2.45, 2.75) is 12.3 Å². The van der Waals surface area contributed by atoms with E-state index in [2.05, 4.69) is 4.90 Å². The molecule has 0 unspecified atom stereocenters. The van der Waals surface area contributed by atoms with Gasteiger partial charge >= 0.3 is 0 Å². The summed E-state index contributed by atoms with van der Waals surface area (Å²) in [6.45, 7) is 3.32. The molecular formula is C22H23ClN2O4S. The Kier molecular flexibility index (Phi) is 5.86. The summed E-state index contributed by atoms with van der Waals surface area (Å²) in [5.74, 6) is -0.350. The summed E-state index contributed by atoms with van der Waals surface area (Å²) in [7, 11) is -3.32. The predicted molar refractivity (Wildman–Crippen MR) is 117 cm³/mol. The first-order valence-electron chi connectivity index (χ1n) is 9.74. The molecule has 0 atom stereocenters. The largest absolute Gasteiger partial charge is 0.451 e. The number of nitrogens with zero attached hydrogens (tertiary/aromatic N) is 2. The van der Waals surface area contributed by atoms with Crippen molar-refractivity contribution in [2.75, 3.05) is 32.4 Å². The van der Waals surface area contributed by atoms with Crippen LogP contribution < -0.4 is 0 Å². The molecule has 0 aliphatic carbocycles. The maximum Gasteiger partial charge on any atom is 0.290 e. The second-order valence-electron chi connectivity index (χ2n) is 7.67. The molecule has 1 amide bonds. The number of fused-ring (bicyclic) bond motifs is 1. The Morgan fingerprint density at radius 2 is 1.80 bits per heavy atom. The van der Waals surface area contributed by atoms with Gasteiger partial charge in [-0.1, -0.05) is 41.9 Å². The Hall–Kier alpha value is -2.35. The van der Waals surface area contributed by atoms with Crippen LogP contribution >= 0.6 is 11.6 Å². The third kappa shape index (κ3) is 4.69. The van der Waals surface area contributed by atoms with E-state index in [1.807, 2.05) is 30.3 Å². The molecule has 2 heterocycles. The van der Waals surface area contributed by atoms with Gasteiger partial charge in [-0.3, -0.25) is 9.69 Å².